The van der Waals surface area contributed by atoms with E-state index in [1.54, 1.807) is 0 Å². The summed E-state index contributed by atoms with van der Waals surface area (Å²) in [5.41, 5.74) is 2.69. The fourth-order valence-electron chi connectivity index (χ4n) is 3.59. The molecule has 148 valence electrons. The van der Waals surface area contributed by atoms with Crippen molar-refractivity contribution in [3.63, 3.8) is 0 Å². The SMILES string of the molecule is CCCO[Si](OCCC)(c1ccccc1C(C)C)c1ccccc1C(C)C. The Labute approximate surface area is 167 Å². The third-order valence-corrected chi connectivity index (χ3v) is 8.44. The van der Waals surface area contributed by atoms with Crippen LogP contribution in [0.2, 0.25) is 0 Å². The molecule has 0 aliphatic carbocycles. The first-order valence-corrected chi connectivity index (χ1v) is 12.3. The minimum Gasteiger partial charge on any atom is -0.388 e. The van der Waals surface area contributed by atoms with E-state index in [0.717, 1.165) is 26.1 Å². The quantitative estimate of drug-likeness (QED) is 0.515. The van der Waals surface area contributed by atoms with Gasteiger partial charge in [0.05, 0.1) is 0 Å². The Bertz CT molecular complexity index is 648. The van der Waals surface area contributed by atoms with Crippen molar-refractivity contribution in [3.05, 3.63) is 59.7 Å². The lowest BCUT2D eigenvalue weighted by Crippen LogP contribution is -2.65. The minimum absolute atomic E-state index is 0.426. The van der Waals surface area contributed by atoms with Crippen molar-refractivity contribution in [1.29, 1.82) is 0 Å². The molecule has 2 rings (SSSR count). The Kier molecular flexibility index (Phi) is 8.27. The first kappa shape index (κ1) is 21.9. The van der Waals surface area contributed by atoms with Crippen LogP contribution in [0.4, 0.5) is 0 Å². The molecule has 0 N–H and O–H groups in total. The molecule has 0 unspecified atom stereocenters. The van der Waals surface area contributed by atoms with E-state index in [9.17, 15) is 0 Å². The Balaban J connectivity index is 2.79. The van der Waals surface area contributed by atoms with Gasteiger partial charge in [-0.3, -0.25) is 0 Å². The van der Waals surface area contributed by atoms with E-state index >= 15 is 0 Å². The second kappa shape index (κ2) is 10.2. The highest BCUT2D eigenvalue weighted by Gasteiger charge is 2.46. The van der Waals surface area contributed by atoms with E-state index in [1.165, 1.54) is 21.5 Å². The Hall–Kier alpha value is -1.42. The van der Waals surface area contributed by atoms with E-state index in [2.05, 4.69) is 90.1 Å². The molecule has 0 radical (unpaired) electrons. The Morgan fingerprint density at radius 3 is 1.37 bits per heavy atom. The average Bonchev–Trinajstić information content (AvgIpc) is 2.68. The summed E-state index contributed by atoms with van der Waals surface area (Å²) in [5, 5.41) is 2.55. The molecule has 2 aromatic rings. The van der Waals surface area contributed by atoms with E-state index in [-0.39, 0.29) is 0 Å². The maximum atomic E-state index is 6.75. The first-order chi connectivity index (χ1) is 13.0. The van der Waals surface area contributed by atoms with Gasteiger partial charge in [-0.25, -0.2) is 0 Å². The summed E-state index contributed by atoms with van der Waals surface area (Å²) < 4.78 is 13.5. The summed E-state index contributed by atoms with van der Waals surface area (Å²) in [5.74, 6) is 0.851. The average molecular weight is 385 g/mol. The van der Waals surface area contributed by atoms with E-state index < -0.39 is 8.56 Å². The molecule has 0 fully saturated rings. The fraction of sp³-hybridized carbons (Fsp3) is 0.500. The van der Waals surface area contributed by atoms with Gasteiger partial charge < -0.3 is 8.85 Å². The van der Waals surface area contributed by atoms with E-state index in [4.69, 9.17) is 8.85 Å². The fourth-order valence-corrected chi connectivity index (χ4v) is 7.70. The van der Waals surface area contributed by atoms with Gasteiger partial charge in [0, 0.05) is 23.6 Å². The molecule has 0 aliphatic heterocycles. The molecule has 2 aromatic carbocycles. The molecule has 0 saturated heterocycles. The van der Waals surface area contributed by atoms with Crippen molar-refractivity contribution in [2.45, 2.75) is 66.2 Å². The Morgan fingerprint density at radius 1 is 0.667 bits per heavy atom. The molecule has 27 heavy (non-hydrogen) atoms. The predicted molar refractivity (Wildman–Crippen MR) is 119 cm³/mol. The van der Waals surface area contributed by atoms with Crippen molar-refractivity contribution >= 4 is 18.9 Å². The second-order valence-electron chi connectivity index (χ2n) is 7.80. The van der Waals surface area contributed by atoms with Crippen LogP contribution in [-0.2, 0) is 8.85 Å². The van der Waals surface area contributed by atoms with Crippen molar-refractivity contribution in [2.75, 3.05) is 13.2 Å². The van der Waals surface area contributed by atoms with Crippen LogP contribution in [0.15, 0.2) is 48.5 Å². The van der Waals surface area contributed by atoms with Crippen LogP contribution in [0.1, 0.15) is 77.3 Å². The minimum atomic E-state index is -2.80. The van der Waals surface area contributed by atoms with Gasteiger partial charge in [0.1, 0.15) is 0 Å². The van der Waals surface area contributed by atoms with Crippen LogP contribution < -0.4 is 10.4 Å². The van der Waals surface area contributed by atoms with E-state index in [0.29, 0.717) is 11.8 Å². The first-order valence-electron chi connectivity index (χ1n) is 10.4. The van der Waals surface area contributed by atoms with Crippen molar-refractivity contribution in [1.82, 2.24) is 0 Å². The number of rotatable bonds is 10. The van der Waals surface area contributed by atoms with Gasteiger partial charge in [-0.2, -0.15) is 0 Å². The third-order valence-electron chi connectivity index (χ3n) is 4.89. The van der Waals surface area contributed by atoms with Crippen LogP contribution in [0.3, 0.4) is 0 Å². The largest absolute Gasteiger partial charge is 0.407 e. The van der Waals surface area contributed by atoms with Gasteiger partial charge >= 0.3 is 8.56 Å². The smallest absolute Gasteiger partial charge is 0.388 e. The maximum absolute atomic E-state index is 6.75. The third kappa shape index (κ3) is 4.90. The molecule has 0 spiro atoms. The zero-order chi connectivity index (χ0) is 19.9. The highest BCUT2D eigenvalue weighted by atomic mass is 28.4. The van der Waals surface area contributed by atoms with Crippen molar-refractivity contribution in [2.24, 2.45) is 0 Å². The lowest BCUT2D eigenvalue weighted by molar-refractivity contribution is 0.191. The highest BCUT2D eigenvalue weighted by molar-refractivity contribution is 6.93. The van der Waals surface area contributed by atoms with Gasteiger partial charge in [0.15, 0.2) is 0 Å². The molecule has 0 amide bonds. The van der Waals surface area contributed by atoms with Gasteiger partial charge in [-0.15, -0.1) is 0 Å². The zero-order valence-electron chi connectivity index (χ0n) is 17.9. The Morgan fingerprint density at radius 2 is 1.04 bits per heavy atom. The predicted octanol–water partition coefficient (Wildman–Crippen LogP) is 5.34. The van der Waals surface area contributed by atoms with Crippen molar-refractivity contribution < 1.29 is 8.85 Å². The van der Waals surface area contributed by atoms with Crippen LogP contribution in [0.5, 0.6) is 0 Å². The molecular weight excluding hydrogens is 348 g/mol. The van der Waals surface area contributed by atoms with Crippen LogP contribution in [-0.4, -0.2) is 21.8 Å². The zero-order valence-corrected chi connectivity index (χ0v) is 18.9. The molecule has 2 nitrogen and oxygen atoms in total. The molecule has 0 atom stereocenters. The molecule has 0 bridgehead atoms. The summed E-state index contributed by atoms with van der Waals surface area (Å²) in [4.78, 5) is 0. The van der Waals surface area contributed by atoms with Gasteiger partial charge in [-0.05, 0) is 35.8 Å². The monoisotopic (exact) mass is 384 g/mol. The normalized spacial score (nSPS) is 12.1. The van der Waals surface area contributed by atoms with Crippen molar-refractivity contribution in [3.8, 4) is 0 Å². The molecule has 0 aromatic heterocycles. The highest BCUT2D eigenvalue weighted by Crippen LogP contribution is 2.23. The number of benzene rings is 2. The topological polar surface area (TPSA) is 18.5 Å². The number of hydrogen-bond donors (Lipinski definition) is 0. The maximum Gasteiger partial charge on any atom is 0.407 e. The van der Waals surface area contributed by atoms with Gasteiger partial charge in [-0.1, -0.05) is 90.1 Å². The summed E-state index contributed by atoms with van der Waals surface area (Å²) in [6.45, 7) is 14.8. The molecule has 0 saturated carbocycles. The molecule has 0 aliphatic rings. The van der Waals surface area contributed by atoms with Crippen LogP contribution in [0.25, 0.3) is 0 Å². The molecule has 0 heterocycles. The standard InChI is InChI=1S/C24H36O2Si/c1-7-17-25-27(26-18-8-2,23-15-11-9-13-21(23)19(3)4)24-16-12-10-14-22(24)20(5)6/h9-16,19-20H,7-8,17-18H2,1-6H3. The second-order valence-corrected chi connectivity index (χ2v) is 10.7. The van der Waals surface area contributed by atoms with Crippen LogP contribution in [0, 0.1) is 0 Å². The summed E-state index contributed by atoms with van der Waals surface area (Å²) in [7, 11) is -2.80. The molecular formula is C24H36O2Si. The summed E-state index contributed by atoms with van der Waals surface area (Å²) in [6.07, 6.45) is 1.97. The lowest BCUT2D eigenvalue weighted by Gasteiger charge is -2.35. The number of hydrogen-bond acceptors (Lipinski definition) is 2. The lowest BCUT2D eigenvalue weighted by atomic mass is 10.0. The summed E-state index contributed by atoms with van der Waals surface area (Å²) >= 11 is 0. The van der Waals surface area contributed by atoms with Gasteiger partial charge in [0.2, 0.25) is 0 Å². The summed E-state index contributed by atoms with van der Waals surface area (Å²) in [6, 6.07) is 17.5. The van der Waals surface area contributed by atoms with E-state index in [1.807, 2.05) is 0 Å². The van der Waals surface area contributed by atoms with Crippen LogP contribution >= 0.6 is 0 Å². The molecule has 3 heteroatoms. The van der Waals surface area contributed by atoms with Gasteiger partial charge in [0.25, 0.3) is 0 Å².